The molecule has 0 fully saturated rings. The van der Waals surface area contributed by atoms with Crippen LogP contribution in [0.2, 0.25) is 5.02 Å². The Morgan fingerprint density at radius 2 is 2.20 bits per heavy atom. The zero-order valence-corrected chi connectivity index (χ0v) is 10.2. The predicted molar refractivity (Wildman–Crippen MR) is 61.3 cm³/mol. The van der Waals surface area contributed by atoms with Gasteiger partial charge in [0.25, 0.3) is 0 Å². The van der Waals surface area contributed by atoms with E-state index in [1.54, 1.807) is 17.0 Å². The molecular weight excluding hydrogens is 282 g/mol. The maximum Gasteiger partial charge on any atom is 0.132 e. The standard InChI is InChI=1S/C10H7BrClFN2/c1-15-5-14-9(10(15)11)7-4-6(12)2-3-8(7)13/h2-5H,1H3. The van der Waals surface area contributed by atoms with E-state index in [0.717, 1.165) is 4.60 Å². The molecule has 0 aliphatic rings. The first-order valence-corrected chi connectivity index (χ1v) is 5.39. The van der Waals surface area contributed by atoms with E-state index >= 15 is 0 Å². The molecule has 0 bridgehead atoms. The molecule has 2 aromatic rings. The Hall–Kier alpha value is -0.870. The number of rotatable bonds is 1. The molecule has 1 heterocycles. The van der Waals surface area contributed by atoms with Crippen molar-refractivity contribution in [2.75, 3.05) is 0 Å². The van der Waals surface area contributed by atoms with E-state index in [1.807, 2.05) is 7.05 Å². The van der Waals surface area contributed by atoms with Crippen LogP contribution in [0.1, 0.15) is 0 Å². The quantitative estimate of drug-likeness (QED) is 0.783. The van der Waals surface area contributed by atoms with Crippen LogP contribution < -0.4 is 0 Å². The van der Waals surface area contributed by atoms with Crippen molar-refractivity contribution >= 4 is 27.5 Å². The van der Waals surface area contributed by atoms with Crippen LogP contribution in [-0.4, -0.2) is 9.55 Å². The molecule has 0 aliphatic heterocycles. The molecule has 0 amide bonds. The summed E-state index contributed by atoms with van der Waals surface area (Å²) in [6.07, 6.45) is 1.61. The number of imidazole rings is 1. The fourth-order valence-electron chi connectivity index (χ4n) is 1.27. The molecule has 0 N–H and O–H groups in total. The predicted octanol–water partition coefficient (Wildman–Crippen LogP) is 3.64. The van der Waals surface area contributed by atoms with Crippen molar-refractivity contribution < 1.29 is 4.39 Å². The summed E-state index contributed by atoms with van der Waals surface area (Å²) in [4.78, 5) is 4.10. The zero-order chi connectivity index (χ0) is 11.0. The summed E-state index contributed by atoms with van der Waals surface area (Å²) < 4.78 is 16.0. The molecule has 5 heteroatoms. The minimum absolute atomic E-state index is 0.334. The lowest BCUT2D eigenvalue weighted by Gasteiger charge is -2.01. The van der Waals surface area contributed by atoms with Crippen molar-refractivity contribution in [1.29, 1.82) is 0 Å². The first kappa shape index (κ1) is 10.6. The van der Waals surface area contributed by atoms with Crippen LogP contribution in [0.15, 0.2) is 29.1 Å². The molecule has 0 radical (unpaired) electrons. The maximum atomic E-state index is 13.5. The highest BCUT2D eigenvalue weighted by Gasteiger charge is 2.13. The molecule has 1 aromatic carbocycles. The van der Waals surface area contributed by atoms with Gasteiger partial charge in [0.05, 0.1) is 6.33 Å². The van der Waals surface area contributed by atoms with Gasteiger partial charge in [-0.15, -0.1) is 0 Å². The monoisotopic (exact) mass is 288 g/mol. The van der Waals surface area contributed by atoms with Crippen molar-refractivity contribution in [2.45, 2.75) is 0 Å². The van der Waals surface area contributed by atoms with Crippen LogP contribution >= 0.6 is 27.5 Å². The Morgan fingerprint density at radius 1 is 1.47 bits per heavy atom. The zero-order valence-electron chi connectivity index (χ0n) is 7.84. The molecule has 2 nitrogen and oxygen atoms in total. The van der Waals surface area contributed by atoms with Gasteiger partial charge in [-0.1, -0.05) is 11.6 Å². The highest BCUT2D eigenvalue weighted by molar-refractivity contribution is 9.10. The van der Waals surface area contributed by atoms with Crippen LogP contribution in [0.5, 0.6) is 0 Å². The fraction of sp³-hybridized carbons (Fsp3) is 0.100. The summed E-state index contributed by atoms with van der Waals surface area (Å²) in [6.45, 7) is 0. The van der Waals surface area contributed by atoms with Gasteiger partial charge in [-0.25, -0.2) is 9.37 Å². The number of aryl methyl sites for hydroxylation is 1. The number of nitrogens with zero attached hydrogens (tertiary/aromatic N) is 2. The summed E-state index contributed by atoms with van der Waals surface area (Å²) in [5.74, 6) is -0.334. The maximum absolute atomic E-state index is 13.5. The summed E-state index contributed by atoms with van der Waals surface area (Å²) in [5.41, 5.74) is 0.951. The minimum atomic E-state index is -0.334. The van der Waals surface area contributed by atoms with Crippen molar-refractivity contribution in [3.8, 4) is 11.3 Å². The summed E-state index contributed by atoms with van der Waals surface area (Å²) in [5, 5.41) is 0.490. The van der Waals surface area contributed by atoms with Crippen LogP contribution in [0.3, 0.4) is 0 Å². The number of benzene rings is 1. The summed E-state index contributed by atoms with van der Waals surface area (Å²) in [6, 6.07) is 4.40. The van der Waals surface area contributed by atoms with Crippen molar-refractivity contribution in [2.24, 2.45) is 7.05 Å². The van der Waals surface area contributed by atoms with Gasteiger partial charge in [-0.3, -0.25) is 0 Å². The second kappa shape index (κ2) is 3.94. The average Bonchev–Trinajstić information content (AvgIpc) is 2.52. The molecule has 78 valence electrons. The highest BCUT2D eigenvalue weighted by atomic mass is 79.9. The normalized spacial score (nSPS) is 10.7. The lowest BCUT2D eigenvalue weighted by molar-refractivity contribution is 0.630. The molecule has 0 saturated heterocycles. The van der Waals surface area contributed by atoms with Crippen molar-refractivity contribution in [3.63, 3.8) is 0 Å². The van der Waals surface area contributed by atoms with Gasteiger partial charge in [-0.05, 0) is 34.1 Å². The lowest BCUT2D eigenvalue weighted by Crippen LogP contribution is -1.87. The van der Waals surface area contributed by atoms with E-state index in [9.17, 15) is 4.39 Å². The van der Waals surface area contributed by atoms with E-state index in [4.69, 9.17) is 11.6 Å². The molecule has 1 aromatic heterocycles. The molecule has 2 rings (SSSR count). The first-order valence-electron chi connectivity index (χ1n) is 4.22. The Bertz CT molecular complexity index is 510. The largest absolute Gasteiger partial charge is 0.328 e. The number of hydrogen-bond donors (Lipinski definition) is 0. The van der Waals surface area contributed by atoms with Crippen LogP contribution in [0, 0.1) is 5.82 Å². The highest BCUT2D eigenvalue weighted by Crippen LogP contribution is 2.30. The Kier molecular flexibility index (Phi) is 2.80. The third-order valence-electron chi connectivity index (χ3n) is 2.05. The molecule has 0 saturated carbocycles. The SMILES string of the molecule is Cn1cnc(-c2cc(Cl)ccc2F)c1Br. The smallest absolute Gasteiger partial charge is 0.132 e. The fourth-order valence-corrected chi connectivity index (χ4v) is 1.85. The van der Waals surface area contributed by atoms with Gasteiger partial charge in [0.2, 0.25) is 0 Å². The van der Waals surface area contributed by atoms with E-state index in [2.05, 4.69) is 20.9 Å². The van der Waals surface area contributed by atoms with Gasteiger partial charge in [0.15, 0.2) is 0 Å². The average molecular weight is 290 g/mol. The number of aromatic nitrogens is 2. The lowest BCUT2D eigenvalue weighted by atomic mass is 10.1. The summed E-state index contributed by atoms with van der Waals surface area (Å²) >= 11 is 9.15. The Balaban J connectivity index is 2.63. The molecule has 0 unspecified atom stereocenters. The molecule has 0 aliphatic carbocycles. The minimum Gasteiger partial charge on any atom is -0.328 e. The first-order chi connectivity index (χ1) is 7.09. The van der Waals surface area contributed by atoms with Gasteiger partial charge in [0, 0.05) is 17.6 Å². The van der Waals surface area contributed by atoms with Gasteiger partial charge in [0.1, 0.15) is 16.1 Å². The number of hydrogen-bond acceptors (Lipinski definition) is 1. The molecular formula is C10H7BrClFN2. The van der Waals surface area contributed by atoms with Crippen molar-refractivity contribution in [1.82, 2.24) is 9.55 Å². The Morgan fingerprint density at radius 3 is 2.80 bits per heavy atom. The van der Waals surface area contributed by atoms with Gasteiger partial charge < -0.3 is 4.57 Å². The topological polar surface area (TPSA) is 17.8 Å². The molecule has 0 atom stereocenters. The van der Waals surface area contributed by atoms with E-state index in [1.165, 1.54) is 12.1 Å². The number of halogens is 3. The van der Waals surface area contributed by atoms with E-state index in [-0.39, 0.29) is 5.82 Å². The Labute approximate surface area is 99.8 Å². The van der Waals surface area contributed by atoms with Crippen LogP contribution in [0.4, 0.5) is 4.39 Å². The van der Waals surface area contributed by atoms with Crippen molar-refractivity contribution in [3.05, 3.63) is 40.0 Å². The van der Waals surface area contributed by atoms with Gasteiger partial charge in [-0.2, -0.15) is 0 Å². The van der Waals surface area contributed by atoms with Gasteiger partial charge >= 0.3 is 0 Å². The molecule has 15 heavy (non-hydrogen) atoms. The van der Waals surface area contributed by atoms with Crippen LogP contribution in [0.25, 0.3) is 11.3 Å². The van der Waals surface area contributed by atoms with Crippen LogP contribution in [-0.2, 0) is 7.05 Å². The third-order valence-corrected chi connectivity index (χ3v) is 3.22. The van der Waals surface area contributed by atoms with E-state index in [0.29, 0.717) is 16.3 Å². The summed E-state index contributed by atoms with van der Waals surface area (Å²) in [7, 11) is 1.82. The third kappa shape index (κ3) is 1.92. The van der Waals surface area contributed by atoms with E-state index < -0.39 is 0 Å². The second-order valence-electron chi connectivity index (χ2n) is 3.12. The second-order valence-corrected chi connectivity index (χ2v) is 4.31. The molecule has 0 spiro atoms.